The highest BCUT2D eigenvalue weighted by Gasteiger charge is 2.16. The maximum absolute atomic E-state index is 12.5. The Labute approximate surface area is 191 Å². The molecule has 0 aromatic heterocycles. The van der Waals surface area contributed by atoms with Crippen LogP contribution in [0.1, 0.15) is 10.4 Å². The molecule has 10 heteroatoms. The number of ether oxygens (including phenoxy) is 3. The average molecular weight is 471 g/mol. The molecule has 0 bridgehead atoms. The standard InChI is InChI=1S/C23H22N2O7S/c1-30-19-12-18(13-20(14-19)31-2)24-22(26)15-32-23(27)16-7-6-8-17(11-16)25-33(28,29)21-9-4-3-5-10-21/h3-14,25H,15H2,1-2H3,(H,24,26). The Hall–Kier alpha value is -4.05. The van der Waals surface area contributed by atoms with E-state index in [1.165, 1.54) is 50.6 Å². The molecule has 3 aromatic carbocycles. The van der Waals surface area contributed by atoms with Gasteiger partial charge in [0.15, 0.2) is 6.61 Å². The molecule has 0 aliphatic heterocycles. The molecule has 0 aliphatic rings. The van der Waals surface area contributed by atoms with Crippen LogP contribution in [0.4, 0.5) is 11.4 Å². The van der Waals surface area contributed by atoms with Crippen molar-refractivity contribution >= 4 is 33.3 Å². The van der Waals surface area contributed by atoms with Gasteiger partial charge in [0.25, 0.3) is 15.9 Å². The van der Waals surface area contributed by atoms with E-state index in [1.807, 2.05) is 0 Å². The third-order valence-corrected chi connectivity index (χ3v) is 5.77. The van der Waals surface area contributed by atoms with Crippen LogP contribution in [0.25, 0.3) is 0 Å². The normalized spacial score (nSPS) is 10.7. The summed E-state index contributed by atoms with van der Waals surface area (Å²) < 4.78 is 42.7. The van der Waals surface area contributed by atoms with E-state index >= 15 is 0 Å². The number of nitrogens with one attached hydrogen (secondary N) is 2. The predicted molar refractivity (Wildman–Crippen MR) is 122 cm³/mol. The van der Waals surface area contributed by atoms with E-state index < -0.39 is 28.5 Å². The molecule has 0 radical (unpaired) electrons. The number of hydrogen-bond acceptors (Lipinski definition) is 7. The molecule has 0 aliphatic carbocycles. The van der Waals surface area contributed by atoms with Gasteiger partial charge in [0.1, 0.15) is 11.5 Å². The Morgan fingerprint density at radius 1 is 0.818 bits per heavy atom. The van der Waals surface area contributed by atoms with Crippen molar-refractivity contribution in [1.29, 1.82) is 0 Å². The Morgan fingerprint density at radius 3 is 2.12 bits per heavy atom. The largest absolute Gasteiger partial charge is 0.497 e. The number of carbonyl (C=O) groups is 2. The number of esters is 1. The Morgan fingerprint density at radius 2 is 1.48 bits per heavy atom. The summed E-state index contributed by atoms with van der Waals surface area (Å²) in [5.74, 6) is -0.387. The second-order valence-corrected chi connectivity index (χ2v) is 8.41. The van der Waals surface area contributed by atoms with Crippen LogP contribution in [0.5, 0.6) is 11.5 Å². The summed E-state index contributed by atoms with van der Waals surface area (Å²) in [5.41, 5.74) is 0.671. The first-order chi connectivity index (χ1) is 15.8. The van der Waals surface area contributed by atoms with Gasteiger partial charge in [0.2, 0.25) is 0 Å². The topological polar surface area (TPSA) is 120 Å². The molecule has 0 heterocycles. The van der Waals surface area contributed by atoms with E-state index in [1.54, 1.807) is 36.4 Å². The van der Waals surface area contributed by atoms with Crippen LogP contribution in [0.3, 0.4) is 0 Å². The molecule has 0 saturated carbocycles. The number of hydrogen-bond donors (Lipinski definition) is 2. The van der Waals surface area contributed by atoms with E-state index in [4.69, 9.17) is 14.2 Å². The summed E-state index contributed by atoms with van der Waals surface area (Å²) in [6.45, 7) is -0.543. The minimum atomic E-state index is -3.81. The van der Waals surface area contributed by atoms with Crippen LogP contribution in [0.15, 0.2) is 77.7 Å². The Kier molecular flexibility index (Phi) is 7.52. The van der Waals surface area contributed by atoms with Gasteiger partial charge in [-0.2, -0.15) is 0 Å². The summed E-state index contributed by atoms with van der Waals surface area (Å²) in [7, 11) is -0.850. The van der Waals surface area contributed by atoms with Gasteiger partial charge in [-0.05, 0) is 30.3 Å². The van der Waals surface area contributed by atoms with E-state index in [2.05, 4.69) is 10.0 Å². The predicted octanol–water partition coefficient (Wildman–Crippen LogP) is 3.30. The summed E-state index contributed by atoms with van der Waals surface area (Å²) in [6, 6.07) is 18.4. The van der Waals surface area contributed by atoms with Gasteiger partial charge >= 0.3 is 5.97 Å². The molecule has 33 heavy (non-hydrogen) atoms. The van der Waals surface area contributed by atoms with Crippen LogP contribution >= 0.6 is 0 Å². The number of rotatable bonds is 9. The van der Waals surface area contributed by atoms with E-state index in [-0.39, 0.29) is 16.1 Å². The van der Waals surface area contributed by atoms with Crippen LogP contribution in [-0.2, 0) is 19.6 Å². The van der Waals surface area contributed by atoms with Crippen molar-refractivity contribution in [1.82, 2.24) is 0 Å². The maximum Gasteiger partial charge on any atom is 0.338 e. The smallest absolute Gasteiger partial charge is 0.338 e. The lowest BCUT2D eigenvalue weighted by atomic mass is 10.2. The van der Waals surface area contributed by atoms with Crippen molar-refractivity contribution in [2.45, 2.75) is 4.90 Å². The Balaban J connectivity index is 1.61. The van der Waals surface area contributed by atoms with Crippen molar-refractivity contribution in [3.05, 3.63) is 78.4 Å². The lowest BCUT2D eigenvalue weighted by Gasteiger charge is -2.11. The fraction of sp³-hybridized carbons (Fsp3) is 0.130. The first kappa shape index (κ1) is 23.6. The van der Waals surface area contributed by atoms with Gasteiger partial charge in [0, 0.05) is 29.6 Å². The zero-order valence-electron chi connectivity index (χ0n) is 17.9. The summed E-state index contributed by atoms with van der Waals surface area (Å²) in [4.78, 5) is 24.7. The molecule has 0 fully saturated rings. The van der Waals surface area contributed by atoms with Crippen molar-refractivity contribution in [3.8, 4) is 11.5 Å². The van der Waals surface area contributed by atoms with Gasteiger partial charge in [-0.15, -0.1) is 0 Å². The van der Waals surface area contributed by atoms with Crippen LogP contribution in [-0.4, -0.2) is 41.1 Å². The molecule has 172 valence electrons. The lowest BCUT2D eigenvalue weighted by Crippen LogP contribution is -2.21. The quantitative estimate of drug-likeness (QED) is 0.461. The van der Waals surface area contributed by atoms with Crippen LogP contribution in [0.2, 0.25) is 0 Å². The molecule has 2 N–H and O–H groups in total. The fourth-order valence-corrected chi connectivity index (χ4v) is 3.89. The number of methoxy groups -OCH3 is 2. The van der Waals surface area contributed by atoms with Crippen LogP contribution in [0, 0.1) is 0 Å². The maximum atomic E-state index is 12.5. The minimum Gasteiger partial charge on any atom is -0.497 e. The minimum absolute atomic E-state index is 0.0825. The lowest BCUT2D eigenvalue weighted by molar-refractivity contribution is -0.119. The molecule has 3 aromatic rings. The van der Waals surface area contributed by atoms with Crippen molar-refractivity contribution in [2.75, 3.05) is 30.9 Å². The fourth-order valence-electron chi connectivity index (χ4n) is 2.81. The van der Waals surface area contributed by atoms with E-state index in [9.17, 15) is 18.0 Å². The molecule has 0 saturated heterocycles. The van der Waals surface area contributed by atoms with Crippen molar-refractivity contribution in [3.63, 3.8) is 0 Å². The first-order valence-electron chi connectivity index (χ1n) is 9.69. The van der Waals surface area contributed by atoms with Gasteiger partial charge in [-0.3, -0.25) is 9.52 Å². The zero-order valence-corrected chi connectivity index (χ0v) is 18.7. The second-order valence-electron chi connectivity index (χ2n) is 6.73. The monoisotopic (exact) mass is 470 g/mol. The van der Waals surface area contributed by atoms with E-state index in [0.29, 0.717) is 17.2 Å². The van der Waals surface area contributed by atoms with Gasteiger partial charge in [0.05, 0.1) is 24.7 Å². The van der Waals surface area contributed by atoms with E-state index in [0.717, 1.165) is 0 Å². The van der Waals surface area contributed by atoms with Gasteiger partial charge in [-0.25, -0.2) is 13.2 Å². The molecular formula is C23H22N2O7S. The highest BCUT2D eigenvalue weighted by atomic mass is 32.2. The van der Waals surface area contributed by atoms with Gasteiger partial charge in [-0.1, -0.05) is 24.3 Å². The summed E-state index contributed by atoms with van der Waals surface area (Å²) in [5, 5.41) is 2.59. The highest BCUT2D eigenvalue weighted by molar-refractivity contribution is 7.92. The number of carbonyl (C=O) groups excluding carboxylic acids is 2. The average Bonchev–Trinajstić information content (AvgIpc) is 2.82. The first-order valence-corrected chi connectivity index (χ1v) is 11.2. The molecule has 9 nitrogen and oxygen atoms in total. The van der Waals surface area contributed by atoms with Crippen molar-refractivity contribution < 1.29 is 32.2 Å². The molecule has 0 atom stereocenters. The van der Waals surface area contributed by atoms with Crippen LogP contribution < -0.4 is 19.5 Å². The molecule has 1 amide bonds. The number of benzene rings is 3. The number of anilines is 2. The third-order valence-electron chi connectivity index (χ3n) is 4.37. The second kappa shape index (κ2) is 10.5. The number of amides is 1. The molecular weight excluding hydrogens is 448 g/mol. The molecule has 3 rings (SSSR count). The SMILES string of the molecule is COc1cc(NC(=O)COC(=O)c2cccc(NS(=O)(=O)c3ccccc3)c2)cc(OC)c1. The van der Waals surface area contributed by atoms with Gasteiger partial charge < -0.3 is 19.5 Å². The number of sulfonamides is 1. The van der Waals surface area contributed by atoms with Crippen molar-refractivity contribution in [2.24, 2.45) is 0 Å². The summed E-state index contributed by atoms with van der Waals surface area (Å²) in [6.07, 6.45) is 0. The molecule has 0 unspecified atom stereocenters. The third kappa shape index (κ3) is 6.47. The summed E-state index contributed by atoms with van der Waals surface area (Å²) >= 11 is 0. The highest BCUT2D eigenvalue weighted by Crippen LogP contribution is 2.25. The Bertz CT molecular complexity index is 1220. The molecule has 0 spiro atoms. The zero-order chi connectivity index (χ0) is 23.8.